The number of nitrogens with one attached hydrogen (secondary N) is 1. The van der Waals surface area contributed by atoms with Crippen LogP contribution in [-0.2, 0) is 6.54 Å². The van der Waals surface area contributed by atoms with Gasteiger partial charge in [-0.1, -0.05) is 43.5 Å². The zero-order valence-electron chi connectivity index (χ0n) is 12.2. The first-order valence-corrected chi connectivity index (χ1v) is 8.15. The lowest BCUT2D eigenvalue weighted by molar-refractivity contribution is 0.280. The van der Waals surface area contributed by atoms with Gasteiger partial charge >= 0.3 is 0 Å². The maximum atomic E-state index is 3.73. The van der Waals surface area contributed by atoms with Gasteiger partial charge in [-0.05, 0) is 55.6 Å². The molecule has 0 bridgehead atoms. The van der Waals surface area contributed by atoms with Crippen molar-refractivity contribution in [2.24, 2.45) is 5.92 Å². The molecule has 1 nitrogen and oxygen atoms in total. The Morgan fingerprint density at radius 3 is 2.32 bits per heavy atom. The van der Waals surface area contributed by atoms with Gasteiger partial charge in [0.2, 0.25) is 0 Å². The van der Waals surface area contributed by atoms with Crippen LogP contribution in [0, 0.1) is 5.92 Å². The van der Waals surface area contributed by atoms with Gasteiger partial charge in [-0.3, -0.25) is 0 Å². The maximum Gasteiger partial charge on any atom is 0.0208 e. The first-order valence-electron chi connectivity index (χ1n) is 8.15. The summed E-state index contributed by atoms with van der Waals surface area (Å²) in [6.45, 7) is 3.40. The molecular weight excluding hydrogens is 230 g/mol. The molecule has 0 unspecified atom stereocenters. The molecule has 2 aliphatic rings. The summed E-state index contributed by atoms with van der Waals surface area (Å²) < 4.78 is 0. The molecule has 0 amide bonds. The monoisotopic (exact) mass is 257 g/mol. The van der Waals surface area contributed by atoms with Gasteiger partial charge in [0, 0.05) is 12.6 Å². The molecule has 0 radical (unpaired) electrons. The van der Waals surface area contributed by atoms with E-state index in [9.17, 15) is 0 Å². The summed E-state index contributed by atoms with van der Waals surface area (Å²) in [6, 6.07) is 9.96. The Morgan fingerprint density at radius 2 is 1.68 bits per heavy atom. The smallest absolute Gasteiger partial charge is 0.0208 e. The highest BCUT2D eigenvalue weighted by atomic mass is 14.9. The van der Waals surface area contributed by atoms with Gasteiger partial charge in [-0.15, -0.1) is 0 Å². The van der Waals surface area contributed by atoms with Crippen molar-refractivity contribution in [3.63, 3.8) is 0 Å². The average Bonchev–Trinajstić information content (AvgIpc) is 3.31. The van der Waals surface area contributed by atoms with Crippen molar-refractivity contribution in [1.82, 2.24) is 5.32 Å². The Kier molecular flexibility index (Phi) is 4.22. The minimum absolute atomic E-state index is 0.670. The lowest BCUT2D eigenvalue weighted by Gasteiger charge is -2.28. The molecule has 2 aliphatic carbocycles. The Morgan fingerprint density at radius 1 is 1.00 bits per heavy atom. The molecule has 0 spiro atoms. The minimum atomic E-state index is 0.670. The summed E-state index contributed by atoms with van der Waals surface area (Å²) in [7, 11) is 0. The zero-order valence-corrected chi connectivity index (χ0v) is 12.2. The molecule has 0 aromatic heterocycles. The van der Waals surface area contributed by atoms with Crippen LogP contribution in [0.3, 0.4) is 0 Å². The summed E-state index contributed by atoms with van der Waals surface area (Å²) in [5, 5.41) is 3.73. The van der Waals surface area contributed by atoms with E-state index in [0.29, 0.717) is 6.04 Å². The Labute approximate surface area is 117 Å². The number of rotatable bonds is 5. The van der Waals surface area contributed by atoms with Crippen LogP contribution in [-0.4, -0.2) is 6.04 Å². The normalized spacial score (nSPS) is 22.4. The summed E-state index contributed by atoms with van der Waals surface area (Å²) in [5.41, 5.74) is 2.98. The molecule has 2 saturated carbocycles. The van der Waals surface area contributed by atoms with Gasteiger partial charge in [0.05, 0.1) is 0 Å². The lowest BCUT2D eigenvalue weighted by Crippen LogP contribution is -2.34. The molecular formula is C18H27N. The molecule has 0 aliphatic heterocycles. The third-order valence-electron chi connectivity index (χ3n) is 5.01. The molecule has 1 aromatic carbocycles. The number of hydrogen-bond donors (Lipinski definition) is 1. The van der Waals surface area contributed by atoms with E-state index < -0.39 is 0 Å². The number of benzene rings is 1. The van der Waals surface area contributed by atoms with E-state index in [4.69, 9.17) is 0 Å². The van der Waals surface area contributed by atoms with Crippen LogP contribution in [0.25, 0.3) is 0 Å². The fraction of sp³-hybridized carbons (Fsp3) is 0.667. The van der Waals surface area contributed by atoms with Gasteiger partial charge < -0.3 is 5.32 Å². The Hall–Kier alpha value is -0.820. The third-order valence-corrected chi connectivity index (χ3v) is 5.01. The Balaban J connectivity index is 1.47. The fourth-order valence-electron chi connectivity index (χ4n) is 3.40. The van der Waals surface area contributed by atoms with Crippen LogP contribution in [0.15, 0.2) is 24.3 Å². The zero-order chi connectivity index (χ0) is 13.1. The molecule has 0 saturated heterocycles. The van der Waals surface area contributed by atoms with Gasteiger partial charge in [0.25, 0.3) is 0 Å². The molecule has 1 atom stereocenters. The summed E-state index contributed by atoms with van der Waals surface area (Å²) in [6.07, 6.45) is 9.97. The third kappa shape index (κ3) is 3.60. The second-order valence-corrected chi connectivity index (χ2v) is 6.58. The first-order chi connectivity index (χ1) is 9.33. The van der Waals surface area contributed by atoms with Crippen LogP contribution in [0.5, 0.6) is 0 Å². The van der Waals surface area contributed by atoms with Crippen LogP contribution in [0.1, 0.15) is 68.9 Å². The van der Waals surface area contributed by atoms with E-state index in [1.807, 2.05) is 0 Å². The highest BCUT2D eigenvalue weighted by Gasteiger charge is 2.23. The van der Waals surface area contributed by atoms with Crippen LogP contribution in [0.2, 0.25) is 0 Å². The molecule has 1 aromatic rings. The molecule has 3 rings (SSSR count). The van der Waals surface area contributed by atoms with E-state index in [2.05, 4.69) is 36.5 Å². The predicted octanol–water partition coefficient (Wildman–Crippen LogP) is 4.62. The van der Waals surface area contributed by atoms with Gasteiger partial charge in [-0.25, -0.2) is 0 Å². The fourth-order valence-corrected chi connectivity index (χ4v) is 3.40. The van der Waals surface area contributed by atoms with Crippen LogP contribution >= 0.6 is 0 Å². The summed E-state index contributed by atoms with van der Waals surface area (Å²) in [4.78, 5) is 0. The molecule has 2 fully saturated rings. The second kappa shape index (κ2) is 6.09. The van der Waals surface area contributed by atoms with Crippen molar-refractivity contribution in [3.05, 3.63) is 35.4 Å². The van der Waals surface area contributed by atoms with Gasteiger partial charge in [-0.2, -0.15) is 0 Å². The van der Waals surface area contributed by atoms with Crippen LogP contribution in [0.4, 0.5) is 0 Å². The predicted molar refractivity (Wildman–Crippen MR) is 81.3 cm³/mol. The quantitative estimate of drug-likeness (QED) is 0.811. The minimum Gasteiger partial charge on any atom is -0.310 e. The van der Waals surface area contributed by atoms with Crippen molar-refractivity contribution in [3.8, 4) is 0 Å². The molecule has 19 heavy (non-hydrogen) atoms. The van der Waals surface area contributed by atoms with Crippen molar-refractivity contribution < 1.29 is 0 Å². The van der Waals surface area contributed by atoms with E-state index in [1.54, 1.807) is 5.56 Å². The number of hydrogen-bond acceptors (Lipinski definition) is 1. The SMILES string of the molecule is C[C@@H](NCc1ccc(C2CC2)cc1)C1CCCCC1. The average molecular weight is 257 g/mol. The topological polar surface area (TPSA) is 12.0 Å². The second-order valence-electron chi connectivity index (χ2n) is 6.58. The van der Waals surface area contributed by atoms with Crippen molar-refractivity contribution in [1.29, 1.82) is 0 Å². The standard InChI is InChI=1S/C18H27N/c1-14(16-5-3-2-4-6-16)19-13-15-7-9-17(10-8-15)18-11-12-18/h7-10,14,16,18-19H,2-6,11-13H2,1H3/t14-/m1/s1. The van der Waals surface area contributed by atoms with E-state index in [0.717, 1.165) is 18.4 Å². The van der Waals surface area contributed by atoms with E-state index in [-0.39, 0.29) is 0 Å². The lowest BCUT2D eigenvalue weighted by atomic mass is 9.84. The highest BCUT2D eigenvalue weighted by molar-refractivity contribution is 5.27. The molecule has 104 valence electrons. The molecule has 1 N–H and O–H groups in total. The maximum absolute atomic E-state index is 3.73. The van der Waals surface area contributed by atoms with Crippen molar-refractivity contribution in [2.45, 2.75) is 70.4 Å². The van der Waals surface area contributed by atoms with E-state index >= 15 is 0 Å². The summed E-state index contributed by atoms with van der Waals surface area (Å²) in [5.74, 6) is 1.78. The molecule has 0 heterocycles. The highest BCUT2D eigenvalue weighted by Crippen LogP contribution is 2.39. The van der Waals surface area contributed by atoms with Crippen molar-refractivity contribution in [2.75, 3.05) is 0 Å². The first kappa shape index (κ1) is 13.2. The van der Waals surface area contributed by atoms with Crippen LogP contribution < -0.4 is 5.32 Å². The summed E-state index contributed by atoms with van der Waals surface area (Å²) >= 11 is 0. The molecule has 1 heteroatoms. The van der Waals surface area contributed by atoms with Crippen molar-refractivity contribution >= 4 is 0 Å². The largest absolute Gasteiger partial charge is 0.310 e. The van der Waals surface area contributed by atoms with Gasteiger partial charge in [0.1, 0.15) is 0 Å². The van der Waals surface area contributed by atoms with Gasteiger partial charge in [0.15, 0.2) is 0 Å². The Bertz CT molecular complexity index is 385. The van der Waals surface area contributed by atoms with E-state index in [1.165, 1.54) is 50.5 Å².